The molecule has 5 rings (SSSR count). The Morgan fingerprint density at radius 3 is 2.89 bits per heavy atom. The van der Waals surface area contributed by atoms with Gasteiger partial charge in [-0.05, 0) is 18.4 Å². The van der Waals surface area contributed by atoms with E-state index in [1.807, 2.05) is 18.3 Å². The average molecular weight is 360 g/mol. The first-order valence-corrected chi connectivity index (χ1v) is 9.16. The van der Waals surface area contributed by atoms with Gasteiger partial charge in [-0.15, -0.1) is 0 Å². The second kappa shape index (κ2) is 5.91. The molecule has 0 bridgehead atoms. The normalized spacial score (nSPS) is 24.8. The van der Waals surface area contributed by atoms with E-state index in [0.29, 0.717) is 11.6 Å². The van der Waals surface area contributed by atoms with E-state index in [-0.39, 0.29) is 5.41 Å². The van der Waals surface area contributed by atoms with Gasteiger partial charge in [0.2, 0.25) is 0 Å². The van der Waals surface area contributed by atoms with Gasteiger partial charge in [0.1, 0.15) is 29.7 Å². The molecule has 2 saturated heterocycles. The van der Waals surface area contributed by atoms with Gasteiger partial charge in [0.05, 0.1) is 17.8 Å². The summed E-state index contributed by atoms with van der Waals surface area (Å²) in [7, 11) is 0. The summed E-state index contributed by atoms with van der Waals surface area (Å²) in [5.41, 5.74) is 1.39. The van der Waals surface area contributed by atoms with Gasteiger partial charge in [0.25, 0.3) is 0 Å². The number of aromatic amines is 1. The first kappa shape index (κ1) is 16.0. The molecule has 2 atom stereocenters. The van der Waals surface area contributed by atoms with Crippen molar-refractivity contribution in [3.8, 4) is 6.07 Å². The van der Waals surface area contributed by atoms with Crippen LogP contribution in [0.4, 0.5) is 11.6 Å². The molecule has 8 nitrogen and oxygen atoms in total. The molecule has 3 aromatic heterocycles. The molecule has 0 unspecified atom stereocenters. The maximum absolute atomic E-state index is 8.92. The van der Waals surface area contributed by atoms with Crippen molar-refractivity contribution >= 4 is 22.7 Å². The number of hydrogen-bond acceptors (Lipinski definition) is 7. The van der Waals surface area contributed by atoms with Gasteiger partial charge in [-0.3, -0.25) is 0 Å². The summed E-state index contributed by atoms with van der Waals surface area (Å²) < 4.78 is 0. The number of aromatic nitrogens is 5. The van der Waals surface area contributed by atoms with Crippen molar-refractivity contribution in [3.63, 3.8) is 0 Å². The number of nitrogens with one attached hydrogen (secondary N) is 1. The fourth-order valence-electron chi connectivity index (χ4n) is 4.57. The summed E-state index contributed by atoms with van der Waals surface area (Å²) in [5.74, 6) is 2.47. The van der Waals surface area contributed by atoms with E-state index >= 15 is 0 Å². The molecule has 0 spiro atoms. The number of rotatable bonds is 2. The molecule has 2 fully saturated rings. The van der Waals surface area contributed by atoms with Gasteiger partial charge in [0.15, 0.2) is 5.69 Å². The number of nitrogens with zero attached hydrogens (tertiary/aromatic N) is 7. The molecule has 0 amide bonds. The maximum atomic E-state index is 8.92. The van der Waals surface area contributed by atoms with Crippen LogP contribution in [0.1, 0.15) is 19.0 Å². The molecule has 0 aromatic carbocycles. The minimum absolute atomic E-state index is 0.154. The van der Waals surface area contributed by atoms with Crippen LogP contribution in [0.2, 0.25) is 0 Å². The molecule has 0 saturated carbocycles. The minimum atomic E-state index is 0.154. The minimum Gasteiger partial charge on any atom is -0.355 e. The van der Waals surface area contributed by atoms with Crippen molar-refractivity contribution in [2.75, 3.05) is 36.0 Å². The number of fused-ring (bicyclic) bond motifs is 2. The summed E-state index contributed by atoms with van der Waals surface area (Å²) in [4.78, 5) is 25.3. The van der Waals surface area contributed by atoms with Gasteiger partial charge >= 0.3 is 0 Å². The van der Waals surface area contributed by atoms with Gasteiger partial charge < -0.3 is 14.8 Å². The van der Waals surface area contributed by atoms with Crippen LogP contribution in [0, 0.1) is 22.7 Å². The Morgan fingerprint density at radius 2 is 2.07 bits per heavy atom. The van der Waals surface area contributed by atoms with Crippen LogP contribution in [0.25, 0.3) is 11.0 Å². The SMILES string of the molecule is C[C@@]12CN(c3cnc(C#N)cn3)C[C@H]1CCN(c1ncnc3[nH]ccc13)C2. The largest absolute Gasteiger partial charge is 0.355 e. The molecule has 0 aliphatic carbocycles. The average Bonchev–Trinajstić information content (AvgIpc) is 3.31. The lowest BCUT2D eigenvalue weighted by molar-refractivity contribution is 0.216. The van der Waals surface area contributed by atoms with Gasteiger partial charge in [0, 0.05) is 37.8 Å². The van der Waals surface area contributed by atoms with Crippen molar-refractivity contribution in [2.24, 2.45) is 11.3 Å². The lowest BCUT2D eigenvalue weighted by Crippen LogP contribution is -2.47. The van der Waals surface area contributed by atoms with Crippen LogP contribution in [-0.4, -0.2) is 51.1 Å². The second-order valence-electron chi connectivity index (χ2n) is 7.75. The van der Waals surface area contributed by atoms with Crippen LogP contribution in [0.15, 0.2) is 31.0 Å². The molecular formula is C19H20N8. The third kappa shape index (κ3) is 2.58. The lowest BCUT2D eigenvalue weighted by Gasteiger charge is -2.42. The molecule has 27 heavy (non-hydrogen) atoms. The predicted molar refractivity (Wildman–Crippen MR) is 101 cm³/mol. The molecule has 3 aromatic rings. The number of nitriles is 1. The van der Waals surface area contributed by atoms with E-state index in [0.717, 1.165) is 55.3 Å². The van der Waals surface area contributed by atoms with Crippen molar-refractivity contribution in [3.05, 3.63) is 36.7 Å². The van der Waals surface area contributed by atoms with Crippen LogP contribution in [0.3, 0.4) is 0 Å². The molecule has 136 valence electrons. The van der Waals surface area contributed by atoms with Crippen molar-refractivity contribution in [1.29, 1.82) is 5.26 Å². The summed E-state index contributed by atoms with van der Waals surface area (Å²) in [6, 6.07) is 4.07. The van der Waals surface area contributed by atoms with Crippen LogP contribution < -0.4 is 9.80 Å². The fraction of sp³-hybridized carbons (Fsp3) is 0.421. The van der Waals surface area contributed by atoms with E-state index in [2.05, 4.69) is 41.6 Å². The molecule has 1 N–H and O–H groups in total. The Balaban J connectivity index is 1.40. The first-order chi connectivity index (χ1) is 13.2. The van der Waals surface area contributed by atoms with Gasteiger partial charge in [-0.25, -0.2) is 19.9 Å². The topological polar surface area (TPSA) is 97.6 Å². The van der Waals surface area contributed by atoms with E-state index < -0.39 is 0 Å². The fourth-order valence-corrected chi connectivity index (χ4v) is 4.57. The lowest BCUT2D eigenvalue weighted by atomic mass is 9.75. The summed E-state index contributed by atoms with van der Waals surface area (Å²) in [5, 5.41) is 9.99. The number of anilines is 2. The monoisotopic (exact) mass is 360 g/mol. The highest BCUT2D eigenvalue weighted by atomic mass is 15.3. The van der Waals surface area contributed by atoms with E-state index in [9.17, 15) is 0 Å². The van der Waals surface area contributed by atoms with Gasteiger partial charge in [-0.1, -0.05) is 6.92 Å². The number of H-pyrrole nitrogens is 1. The first-order valence-electron chi connectivity index (χ1n) is 9.16. The maximum Gasteiger partial charge on any atom is 0.158 e. The Hall–Kier alpha value is -3.21. The summed E-state index contributed by atoms with van der Waals surface area (Å²) >= 11 is 0. The summed E-state index contributed by atoms with van der Waals surface area (Å²) in [6.07, 6.45) is 7.93. The smallest absolute Gasteiger partial charge is 0.158 e. The quantitative estimate of drug-likeness (QED) is 0.746. The van der Waals surface area contributed by atoms with Crippen LogP contribution >= 0.6 is 0 Å². The zero-order valence-electron chi connectivity index (χ0n) is 15.1. The van der Waals surface area contributed by atoms with Crippen molar-refractivity contribution in [2.45, 2.75) is 13.3 Å². The van der Waals surface area contributed by atoms with Crippen molar-refractivity contribution in [1.82, 2.24) is 24.9 Å². The molecule has 2 aliphatic heterocycles. The highest BCUT2D eigenvalue weighted by Gasteiger charge is 2.47. The zero-order chi connectivity index (χ0) is 18.4. The predicted octanol–water partition coefficient (Wildman–Crippen LogP) is 1.97. The van der Waals surface area contributed by atoms with E-state index in [1.54, 1.807) is 18.7 Å². The third-order valence-electron chi connectivity index (χ3n) is 5.99. The Morgan fingerprint density at radius 1 is 1.19 bits per heavy atom. The van der Waals surface area contributed by atoms with Crippen LogP contribution in [-0.2, 0) is 0 Å². The third-order valence-corrected chi connectivity index (χ3v) is 5.99. The Bertz CT molecular complexity index is 1020. The Kier molecular flexibility index (Phi) is 3.50. The molecule has 2 aliphatic rings. The zero-order valence-corrected chi connectivity index (χ0v) is 15.1. The number of piperidine rings is 1. The van der Waals surface area contributed by atoms with E-state index in [1.165, 1.54) is 0 Å². The summed E-state index contributed by atoms with van der Waals surface area (Å²) in [6.45, 7) is 6.21. The standard InChI is InChI=1S/C19H20N8/c1-19-10-26(18-15-2-4-21-17(15)24-12-25-18)5-3-13(19)9-27(11-19)16-8-22-14(6-20)7-23-16/h2,4,7-8,12-13H,3,5,9-11H2,1H3,(H,21,24,25)/t13-,19-/m1/s1. The second-order valence-corrected chi connectivity index (χ2v) is 7.75. The van der Waals surface area contributed by atoms with Gasteiger partial charge in [-0.2, -0.15) is 5.26 Å². The van der Waals surface area contributed by atoms with Crippen molar-refractivity contribution < 1.29 is 0 Å². The molecule has 5 heterocycles. The highest BCUT2D eigenvalue weighted by molar-refractivity contribution is 5.87. The van der Waals surface area contributed by atoms with Crippen LogP contribution in [0.5, 0.6) is 0 Å². The van der Waals surface area contributed by atoms with E-state index in [4.69, 9.17) is 5.26 Å². The number of hydrogen-bond donors (Lipinski definition) is 1. The molecule has 0 radical (unpaired) electrons. The highest BCUT2D eigenvalue weighted by Crippen LogP contribution is 2.44. The molecular weight excluding hydrogens is 340 g/mol. The molecule has 8 heteroatoms. The Labute approximate surface area is 156 Å².